The number of pyridine rings is 1. The van der Waals surface area contributed by atoms with Crippen LogP contribution in [0.15, 0.2) is 36.7 Å². The monoisotopic (exact) mass is 244 g/mol. The third-order valence-corrected chi connectivity index (χ3v) is 2.94. The lowest BCUT2D eigenvalue weighted by atomic mass is 9.98. The minimum absolute atomic E-state index is 0.277. The first-order valence-electron chi connectivity index (χ1n) is 6.12. The minimum atomic E-state index is -0.277. The zero-order chi connectivity index (χ0) is 13.0. The van der Waals surface area contributed by atoms with Gasteiger partial charge in [-0.05, 0) is 42.3 Å². The van der Waals surface area contributed by atoms with Gasteiger partial charge in [-0.2, -0.15) is 0 Å². The molecule has 0 aliphatic rings. The molecule has 2 nitrogen and oxygen atoms in total. The first-order chi connectivity index (χ1) is 8.72. The molecule has 0 spiro atoms. The Balaban J connectivity index is 2.40. The number of aromatic nitrogens is 1. The molecule has 3 heteroatoms. The van der Waals surface area contributed by atoms with Crippen molar-refractivity contribution in [3.8, 4) is 11.1 Å². The van der Waals surface area contributed by atoms with Crippen molar-refractivity contribution in [3.05, 3.63) is 53.6 Å². The maximum Gasteiger partial charge on any atom is 0.149 e. The molecule has 0 unspecified atom stereocenters. The lowest BCUT2D eigenvalue weighted by molar-refractivity contribution is 0.625. The number of nitrogens with one attached hydrogen (secondary N) is 1. The van der Waals surface area contributed by atoms with Gasteiger partial charge in [-0.1, -0.05) is 19.1 Å². The van der Waals surface area contributed by atoms with Gasteiger partial charge in [-0.25, -0.2) is 4.39 Å². The van der Waals surface area contributed by atoms with Gasteiger partial charge in [0.15, 0.2) is 0 Å². The average molecular weight is 244 g/mol. The standard InChI is InChI=1S/C15H17FN2/c1-3-17-9-12-5-4-11(2)14(8-12)13-6-7-18-10-15(13)16/h4-8,10,17H,3,9H2,1-2H3. The van der Waals surface area contributed by atoms with Crippen molar-refractivity contribution in [1.82, 2.24) is 10.3 Å². The molecular formula is C15H17FN2. The van der Waals surface area contributed by atoms with E-state index in [9.17, 15) is 4.39 Å². The van der Waals surface area contributed by atoms with Gasteiger partial charge < -0.3 is 5.32 Å². The number of hydrogen-bond acceptors (Lipinski definition) is 2. The van der Waals surface area contributed by atoms with E-state index in [2.05, 4.69) is 23.3 Å². The summed E-state index contributed by atoms with van der Waals surface area (Å²) in [5.74, 6) is -0.277. The van der Waals surface area contributed by atoms with Gasteiger partial charge >= 0.3 is 0 Å². The van der Waals surface area contributed by atoms with Crippen LogP contribution in [-0.4, -0.2) is 11.5 Å². The Labute approximate surface area is 107 Å². The normalized spacial score (nSPS) is 10.6. The van der Waals surface area contributed by atoms with Gasteiger partial charge in [-0.15, -0.1) is 0 Å². The molecule has 0 aliphatic heterocycles. The fourth-order valence-corrected chi connectivity index (χ4v) is 1.93. The predicted octanol–water partition coefficient (Wildman–Crippen LogP) is 3.31. The van der Waals surface area contributed by atoms with E-state index in [0.29, 0.717) is 5.56 Å². The third-order valence-electron chi connectivity index (χ3n) is 2.94. The van der Waals surface area contributed by atoms with E-state index in [-0.39, 0.29) is 5.82 Å². The van der Waals surface area contributed by atoms with Gasteiger partial charge in [0.05, 0.1) is 6.20 Å². The summed E-state index contributed by atoms with van der Waals surface area (Å²) in [6.07, 6.45) is 2.88. The maximum atomic E-state index is 13.8. The van der Waals surface area contributed by atoms with Crippen LogP contribution in [0, 0.1) is 12.7 Å². The van der Waals surface area contributed by atoms with Crippen LogP contribution in [0.5, 0.6) is 0 Å². The van der Waals surface area contributed by atoms with Crippen LogP contribution >= 0.6 is 0 Å². The topological polar surface area (TPSA) is 24.9 Å². The van der Waals surface area contributed by atoms with Crippen LogP contribution in [0.1, 0.15) is 18.1 Å². The largest absolute Gasteiger partial charge is 0.313 e. The lowest BCUT2D eigenvalue weighted by Crippen LogP contribution is -2.11. The molecule has 1 aromatic heterocycles. The van der Waals surface area contributed by atoms with E-state index in [1.807, 2.05) is 19.1 Å². The number of aryl methyl sites for hydroxylation is 1. The molecule has 2 aromatic rings. The van der Waals surface area contributed by atoms with E-state index in [1.54, 1.807) is 12.3 Å². The Morgan fingerprint density at radius 1 is 1.22 bits per heavy atom. The number of nitrogens with zero attached hydrogens (tertiary/aromatic N) is 1. The second-order valence-electron chi connectivity index (χ2n) is 4.29. The van der Waals surface area contributed by atoms with Crippen molar-refractivity contribution >= 4 is 0 Å². The first kappa shape index (κ1) is 12.7. The Bertz CT molecular complexity index is 538. The van der Waals surface area contributed by atoms with Crippen molar-refractivity contribution in [2.24, 2.45) is 0 Å². The molecule has 0 amide bonds. The number of rotatable bonds is 4. The van der Waals surface area contributed by atoms with E-state index in [4.69, 9.17) is 0 Å². The summed E-state index contributed by atoms with van der Waals surface area (Å²) in [6, 6.07) is 7.85. The van der Waals surface area contributed by atoms with Crippen molar-refractivity contribution < 1.29 is 4.39 Å². The third kappa shape index (κ3) is 2.74. The molecule has 1 heterocycles. The highest BCUT2D eigenvalue weighted by Crippen LogP contribution is 2.26. The zero-order valence-electron chi connectivity index (χ0n) is 10.7. The van der Waals surface area contributed by atoms with Crippen LogP contribution in [0.4, 0.5) is 4.39 Å². The minimum Gasteiger partial charge on any atom is -0.313 e. The maximum absolute atomic E-state index is 13.8. The molecule has 0 aliphatic carbocycles. The fraction of sp³-hybridized carbons (Fsp3) is 0.267. The van der Waals surface area contributed by atoms with Crippen LogP contribution < -0.4 is 5.32 Å². The summed E-state index contributed by atoms with van der Waals surface area (Å²) >= 11 is 0. The summed E-state index contributed by atoms with van der Waals surface area (Å²) in [4.78, 5) is 3.78. The van der Waals surface area contributed by atoms with Gasteiger partial charge in [0.1, 0.15) is 5.82 Å². The fourth-order valence-electron chi connectivity index (χ4n) is 1.93. The molecule has 0 saturated carbocycles. The Morgan fingerprint density at radius 2 is 2.06 bits per heavy atom. The van der Waals surface area contributed by atoms with E-state index >= 15 is 0 Å². The van der Waals surface area contributed by atoms with Crippen molar-refractivity contribution in [1.29, 1.82) is 0 Å². The highest BCUT2D eigenvalue weighted by atomic mass is 19.1. The smallest absolute Gasteiger partial charge is 0.149 e. The molecule has 0 atom stereocenters. The molecule has 0 fully saturated rings. The molecule has 0 radical (unpaired) electrons. The van der Waals surface area contributed by atoms with Gasteiger partial charge in [0.2, 0.25) is 0 Å². The Morgan fingerprint density at radius 3 is 2.78 bits per heavy atom. The van der Waals surface area contributed by atoms with E-state index in [0.717, 1.165) is 29.8 Å². The summed E-state index contributed by atoms with van der Waals surface area (Å²) in [6.45, 7) is 5.78. The van der Waals surface area contributed by atoms with Gasteiger partial charge in [0.25, 0.3) is 0 Å². The van der Waals surface area contributed by atoms with Crippen molar-refractivity contribution in [2.75, 3.05) is 6.54 Å². The van der Waals surface area contributed by atoms with E-state index in [1.165, 1.54) is 6.20 Å². The SMILES string of the molecule is CCNCc1ccc(C)c(-c2ccncc2F)c1. The number of hydrogen-bond donors (Lipinski definition) is 1. The van der Waals surface area contributed by atoms with Crippen LogP contribution in [0.25, 0.3) is 11.1 Å². The first-order valence-corrected chi connectivity index (χ1v) is 6.12. The Hall–Kier alpha value is -1.74. The molecule has 94 valence electrons. The van der Waals surface area contributed by atoms with Gasteiger partial charge in [-0.3, -0.25) is 4.98 Å². The summed E-state index contributed by atoms with van der Waals surface area (Å²) in [7, 11) is 0. The molecule has 0 saturated heterocycles. The quantitative estimate of drug-likeness (QED) is 0.892. The molecule has 2 rings (SSSR count). The van der Waals surface area contributed by atoms with Crippen LogP contribution in [-0.2, 0) is 6.54 Å². The second kappa shape index (κ2) is 5.74. The Kier molecular flexibility index (Phi) is 4.05. The second-order valence-corrected chi connectivity index (χ2v) is 4.29. The zero-order valence-corrected chi connectivity index (χ0v) is 10.7. The van der Waals surface area contributed by atoms with Crippen molar-refractivity contribution in [2.45, 2.75) is 20.4 Å². The molecule has 0 bridgehead atoms. The predicted molar refractivity (Wildman–Crippen MR) is 71.7 cm³/mol. The number of benzene rings is 1. The summed E-state index contributed by atoms with van der Waals surface area (Å²) < 4.78 is 13.8. The molecule has 1 aromatic carbocycles. The summed E-state index contributed by atoms with van der Waals surface area (Å²) in [5.41, 5.74) is 3.78. The highest BCUT2D eigenvalue weighted by molar-refractivity contribution is 5.68. The van der Waals surface area contributed by atoms with Crippen LogP contribution in [0.2, 0.25) is 0 Å². The number of halogens is 1. The average Bonchev–Trinajstić information content (AvgIpc) is 2.39. The summed E-state index contributed by atoms with van der Waals surface area (Å²) in [5, 5.41) is 3.27. The van der Waals surface area contributed by atoms with Crippen LogP contribution in [0.3, 0.4) is 0 Å². The van der Waals surface area contributed by atoms with E-state index < -0.39 is 0 Å². The molecule has 1 N–H and O–H groups in total. The lowest BCUT2D eigenvalue weighted by Gasteiger charge is -2.10. The molecular weight excluding hydrogens is 227 g/mol. The highest BCUT2D eigenvalue weighted by Gasteiger charge is 2.08. The molecule has 18 heavy (non-hydrogen) atoms. The van der Waals surface area contributed by atoms with Crippen molar-refractivity contribution in [3.63, 3.8) is 0 Å². The van der Waals surface area contributed by atoms with Gasteiger partial charge in [0, 0.05) is 18.3 Å².